The van der Waals surface area contributed by atoms with E-state index in [1.807, 2.05) is 17.0 Å². The summed E-state index contributed by atoms with van der Waals surface area (Å²) in [5, 5.41) is 3.68. The van der Waals surface area contributed by atoms with Crippen molar-refractivity contribution >= 4 is 28.2 Å². The van der Waals surface area contributed by atoms with Crippen LogP contribution in [0.3, 0.4) is 0 Å². The highest BCUT2D eigenvalue weighted by molar-refractivity contribution is 7.17. The molecule has 7 nitrogen and oxygen atoms in total. The molecule has 0 bridgehead atoms. The number of ether oxygens (including phenoxy) is 2. The number of carbonyl (C=O) groups excluding carboxylic acids is 2. The molecular weight excluding hydrogens is 462 g/mol. The van der Waals surface area contributed by atoms with Crippen LogP contribution in [0.5, 0.6) is 11.5 Å². The summed E-state index contributed by atoms with van der Waals surface area (Å²) in [6, 6.07) is 7.43. The first-order valence-electron chi connectivity index (χ1n) is 12.0. The van der Waals surface area contributed by atoms with E-state index >= 15 is 0 Å². The third-order valence-corrected chi connectivity index (χ3v) is 8.00. The van der Waals surface area contributed by atoms with Crippen LogP contribution in [0.4, 0.5) is 5.00 Å². The van der Waals surface area contributed by atoms with Gasteiger partial charge in [0.05, 0.1) is 25.3 Å². The summed E-state index contributed by atoms with van der Waals surface area (Å²) < 4.78 is 10.9. The van der Waals surface area contributed by atoms with Gasteiger partial charge >= 0.3 is 0 Å². The zero-order chi connectivity index (χ0) is 24.4. The third kappa shape index (κ3) is 4.62. The van der Waals surface area contributed by atoms with Crippen molar-refractivity contribution in [1.29, 1.82) is 0 Å². The SMILES string of the molecule is COc1cc2c(cc1OC)CN(C(=O)c1c(NC(=O)c3cccnc3)sc3c1CCCCC3)CC2. The monoisotopic (exact) mass is 491 g/mol. The second-order valence-corrected chi connectivity index (χ2v) is 10.0. The molecule has 2 aliphatic rings. The van der Waals surface area contributed by atoms with E-state index in [2.05, 4.69) is 10.3 Å². The minimum atomic E-state index is -0.246. The van der Waals surface area contributed by atoms with Gasteiger partial charge in [-0.2, -0.15) is 0 Å². The maximum atomic E-state index is 14.0. The number of hydrogen-bond acceptors (Lipinski definition) is 6. The maximum absolute atomic E-state index is 14.0. The lowest BCUT2D eigenvalue weighted by atomic mass is 9.97. The van der Waals surface area contributed by atoms with Gasteiger partial charge < -0.3 is 19.7 Å². The minimum Gasteiger partial charge on any atom is -0.493 e. The van der Waals surface area contributed by atoms with Gasteiger partial charge in [-0.1, -0.05) is 6.42 Å². The second kappa shape index (κ2) is 10.1. The molecule has 8 heteroatoms. The summed E-state index contributed by atoms with van der Waals surface area (Å²) in [5.41, 5.74) is 4.47. The van der Waals surface area contributed by atoms with Gasteiger partial charge in [-0.25, -0.2) is 0 Å². The number of rotatable bonds is 5. The Hall–Kier alpha value is -3.39. The third-order valence-electron chi connectivity index (χ3n) is 6.79. The Morgan fingerprint density at radius 2 is 1.80 bits per heavy atom. The van der Waals surface area contributed by atoms with Crippen molar-refractivity contribution in [3.63, 3.8) is 0 Å². The van der Waals surface area contributed by atoms with Gasteiger partial charge in [0.2, 0.25) is 0 Å². The summed E-state index contributed by atoms with van der Waals surface area (Å²) in [5.74, 6) is 1.10. The van der Waals surface area contributed by atoms with E-state index in [9.17, 15) is 9.59 Å². The molecule has 0 saturated heterocycles. The van der Waals surface area contributed by atoms with Crippen LogP contribution in [0.2, 0.25) is 0 Å². The lowest BCUT2D eigenvalue weighted by Gasteiger charge is -2.30. The number of pyridine rings is 1. The number of aromatic nitrogens is 1. The van der Waals surface area contributed by atoms with Crippen LogP contribution < -0.4 is 14.8 Å². The summed E-state index contributed by atoms with van der Waals surface area (Å²) in [7, 11) is 3.25. The fourth-order valence-electron chi connectivity index (χ4n) is 4.94. The summed E-state index contributed by atoms with van der Waals surface area (Å²) in [6.45, 7) is 1.11. The number of aryl methyl sites for hydroxylation is 1. The fraction of sp³-hybridized carbons (Fsp3) is 0.370. The minimum absolute atomic E-state index is 0.0219. The molecule has 1 N–H and O–H groups in total. The van der Waals surface area contributed by atoms with Crippen molar-refractivity contribution in [2.45, 2.75) is 45.1 Å². The Bertz CT molecular complexity index is 1260. The molecule has 0 unspecified atom stereocenters. The van der Waals surface area contributed by atoms with E-state index in [1.165, 1.54) is 10.4 Å². The van der Waals surface area contributed by atoms with E-state index < -0.39 is 0 Å². The van der Waals surface area contributed by atoms with Gasteiger partial charge in [0.25, 0.3) is 11.8 Å². The van der Waals surface area contributed by atoms with E-state index in [-0.39, 0.29) is 11.8 Å². The lowest BCUT2D eigenvalue weighted by Crippen LogP contribution is -2.36. The van der Waals surface area contributed by atoms with Crippen molar-refractivity contribution < 1.29 is 19.1 Å². The number of thiophene rings is 1. The Morgan fingerprint density at radius 1 is 1.03 bits per heavy atom. The number of carbonyl (C=O) groups is 2. The van der Waals surface area contributed by atoms with E-state index in [4.69, 9.17) is 9.47 Å². The van der Waals surface area contributed by atoms with Gasteiger partial charge in [-0.3, -0.25) is 14.6 Å². The van der Waals surface area contributed by atoms with Crippen molar-refractivity contribution in [3.05, 3.63) is 69.4 Å². The van der Waals surface area contributed by atoms with Crippen LogP contribution >= 0.6 is 11.3 Å². The molecule has 35 heavy (non-hydrogen) atoms. The topological polar surface area (TPSA) is 80.8 Å². The molecule has 0 fully saturated rings. The molecule has 2 aromatic heterocycles. The molecule has 1 aliphatic heterocycles. The normalized spacial score (nSPS) is 15.0. The van der Waals surface area contributed by atoms with Crippen LogP contribution in [-0.4, -0.2) is 42.5 Å². The number of nitrogens with zero attached hydrogens (tertiary/aromatic N) is 2. The van der Waals surface area contributed by atoms with Crippen LogP contribution in [0, 0.1) is 0 Å². The van der Waals surface area contributed by atoms with Crippen molar-refractivity contribution in [3.8, 4) is 11.5 Å². The van der Waals surface area contributed by atoms with E-state index in [0.29, 0.717) is 40.7 Å². The predicted molar refractivity (Wildman–Crippen MR) is 136 cm³/mol. The van der Waals surface area contributed by atoms with Gasteiger partial charge in [0, 0.05) is 30.4 Å². The Labute approximate surface area is 209 Å². The van der Waals surface area contributed by atoms with Crippen molar-refractivity contribution in [2.75, 3.05) is 26.1 Å². The molecule has 1 aromatic carbocycles. The fourth-order valence-corrected chi connectivity index (χ4v) is 6.22. The second-order valence-electron chi connectivity index (χ2n) is 8.92. The zero-order valence-electron chi connectivity index (χ0n) is 20.1. The average Bonchev–Trinajstić information content (AvgIpc) is 3.06. The molecule has 0 spiro atoms. The molecule has 2 amide bonds. The quantitative estimate of drug-likeness (QED) is 0.515. The van der Waals surface area contributed by atoms with E-state index in [0.717, 1.165) is 49.7 Å². The van der Waals surface area contributed by atoms with Crippen LogP contribution in [0.1, 0.15) is 61.5 Å². The first-order chi connectivity index (χ1) is 17.1. The maximum Gasteiger partial charge on any atom is 0.257 e. The number of benzene rings is 1. The first kappa shape index (κ1) is 23.4. The molecule has 182 valence electrons. The standard InChI is InChI=1S/C27H29N3O4S/c1-33-21-13-17-10-12-30(16-19(17)14-22(21)34-2)27(32)24-20-8-4-3-5-9-23(20)35-26(24)29-25(31)18-7-6-11-28-15-18/h6-7,11,13-15H,3-5,8-10,12,16H2,1-2H3,(H,29,31). The molecule has 0 saturated carbocycles. The first-order valence-corrected chi connectivity index (χ1v) is 12.8. The summed E-state index contributed by atoms with van der Waals surface area (Å²) >= 11 is 1.55. The number of fused-ring (bicyclic) bond motifs is 2. The van der Waals surface area contributed by atoms with Gasteiger partial charge in [-0.15, -0.1) is 11.3 Å². The number of methoxy groups -OCH3 is 2. The Balaban J connectivity index is 1.47. The number of nitrogens with one attached hydrogen (secondary N) is 1. The molecule has 3 heterocycles. The molecule has 1 aliphatic carbocycles. The Kier molecular flexibility index (Phi) is 6.72. The lowest BCUT2D eigenvalue weighted by molar-refractivity contribution is 0.0734. The number of amides is 2. The number of hydrogen-bond donors (Lipinski definition) is 1. The highest BCUT2D eigenvalue weighted by atomic mass is 32.1. The summed E-state index contributed by atoms with van der Waals surface area (Å²) in [4.78, 5) is 34.1. The molecule has 5 rings (SSSR count). The average molecular weight is 492 g/mol. The van der Waals surface area contributed by atoms with Crippen LogP contribution in [-0.2, 0) is 25.8 Å². The zero-order valence-corrected chi connectivity index (χ0v) is 20.9. The van der Waals surface area contributed by atoms with Crippen LogP contribution in [0.15, 0.2) is 36.7 Å². The molecular formula is C27H29N3O4S. The van der Waals surface area contributed by atoms with Gasteiger partial charge in [0.1, 0.15) is 5.00 Å². The number of anilines is 1. The summed E-state index contributed by atoms with van der Waals surface area (Å²) in [6.07, 6.45) is 9.05. The highest BCUT2D eigenvalue weighted by Gasteiger charge is 2.31. The highest BCUT2D eigenvalue weighted by Crippen LogP contribution is 2.40. The molecule has 3 aromatic rings. The molecule has 0 radical (unpaired) electrons. The largest absolute Gasteiger partial charge is 0.493 e. The smallest absolute Gasteiger partial charge is 0.257 e. The molecule has 0 atom stereocenters. The van der Waals surface area contributed by atoms with Crippen LogP contribution in [0.25, 0.3) is 0 Å². The van der Waals surface area contributed by atoms with Crippen molar-refractivity contribution in [1.82, 2.24) is 9.88 Å². The predicted octanol–water partition coefficient (Wildman–Crippen LogP) is 4.88. The van der Waals surface area contributed by atoms with Crippen molar-refractivity contribution in [2.24, 2.45) is 0 Å². The Morgan fingerprint density at radius 3 is 2.54 bits per heavy atom. The van der Waals surface area contributed by atoms with E-state index in [1.54, 1.807) is 50.1 Å². The van der Waals surface area contributed by atoms with Gasteiger partial charge in [0.15, 0.2) is 11.5 Å². The van der Waals surface area contributed by atoms with Gasteiger partial charge in [-0.05, 0) is 73.1 Å².